The van der Waals surface area contributed by atoms with Crippen molar-refractivity contribution in [3.63, 3.8) is 0 Å². The van der Waals surface area contributed by atoms with Gasteiger partial charge in [-0.25, -0.2) is 15.0 Å². The average molecular weight is 415 g/mol. The summed E-state index contributed by atoms with van der Waals surface area (Å²) in [7, 11) is 0. The quantitative estimate of drug-likeness (QED) is 0.671. The summed E-state index contributed by atoms with van der Waals surface area (Å²) in [6, 6.07) is 8.59. The topological polar surface area (TPSA) is 75.2 Å². The molecule has 2 aliphatic rings. The summed E-state index contributed by atoms with van der Waals surface area (Å²) in [5, 5.41) is 6.84. The number of rotatable bonds is 4. The van der Waals surface area contributed by atoms with E-state index in [9.17, 15) is 0 Å². The van der Waals surface area contributed by atoms with E-state index in [2.05, 4.69) is 69.7 Å². The second-order valence-electron chi connectivity index (χ2n) is 8.02. The molecule has 2 aromatic heterocycles. The molecule has 7 heteroatoms. The van der Waals surface area contributed by atoms with Crippen LogP contribution in [0.4, 0.5) is 17.2 Å². The zero-order valence-electron chi connectivity index (χ0n) is 17.8. The number of hydrogen-bond acceptors (Lipinski definition) is 7. The van der Waals surface area contributed by atoms with Gasteiger partial charge in [-0.3, -0.25) is 0 Å². The molecule has 3 aromatic rings. The molecule has 4 heterocycles. The van der Waals surface area contributed by atoms with Gasteiger partial charge in [0.2, 0.25) is 0 Å². The molecular weight excluding hydrogens is 388 g/mol. The predicted molar refractivity (Wildman–Crippen MR) is 123 cm³/mol. The third-order valence-corrected chi connectivity index (χ3v) is 5.72. The van der Waals surface area contributed by atoms with Crippen LogP contribution in [0.2, 0.25) is 0 Å². The zero-order chi connectivity index (χ0) is 21.2. The van der Waals surface area contributed by atoms with Crippen LogP contribution < -0.4 is 15.5 Å². The van der Waals surface area contributed by atoms with Gasteiger partial charge in [0.05, 0.1) is 18.4 Å². The molecule has 7 nitrogen and oxygen atoms in total. The zero-order valence-corrected chi connectivity index (χ0v) is 17.8. The second-order valence-corrected chi connectivity index (χ2v) is 8.02. The minimum atomic E-state index is 0.256. The van der Waals surface area contributed by atoms with E-state index in [4.69, 9.17) is 9.72 Å². The lowest BCUT2D eigenvalue weighted by Crippen LogP contribution is -2.41. The van der Waals surface area contributed by atoms with Crippen molar-refractivity contribution in [2.75, 3.05) is 29.9 Å². The maximum absolute atomic E-state index is 5.69. The van der Waals surface area contributed by atoms with Crippen molar-refractivity contribution in [2.45, 2.75) is 26.5 Å². The average Bonchev–Trinajstić information content (AvgIpc) is 2.80. The molecule has 1 fully saturated rings. The summed E-state index contributed by atoms with van der Waals surface area (Å²) >= 11 is 0. The summed E-state index contributed by atoms with van der Waals surface area (Å²) in [4.78, 5) is 15.6. The molecule has 5 rings (SSSR count). The molecule has 31 heavy (non-hydrogen) atoms. The Bertz CT molecular complexity index is 1110. The number of nitrogens with zero attached hydrogens (tertiary/aromatic N) is 4. The highest BCUT2D eigenvalue weighted by Gasteiger charge is 2.19. The minimum absolute atomic E-state index is 0.256. The summed E-state index contributed by atoms with van der Waals surface area (Å²) in [5.41, 5.74) is 7.55. The number of ether oxygens (including phenoxy) is 1. The number of morpholine rings is 1. The van der Waals surface area contributed by atoms with Crippen molar-refractivity contribution in [2.24, 2.45) is 0 Å². The highest BCUT2D eigenvalue weighted by atomic mass is 16.5. The van der Waals surface area contributed by atoms with Crippen LogP contribution in [0.25, 0.3) is 17.3 Å². The normalized spacial score (nSPS) is 17.7. The molecular formula is C24H26N6O. The SMILES string of the molecule is Cc1cc(Nc2nc(-c3cncnc3)cc3c2CNC=C3)ccc1N1CCO[C@H](C)C1. The molecule has 1 aromatic carbocycles. The van der Waals surface area contributed by atoms with Gasteiger partial charge in [0.25, 0.3) is 0 Å². The number of nitrogens with one attached hydrogen (secondary N) is 2. The number of benzene rings is 1. The first-order valence-electron chi connectivity index (χ1n) is 10.6. The van der Waals surface area contributed by atoms with Crippen LogP contribution in [0.5, 0.6) is 0 Å². The lowest BCUT2D eigenvalue weighted by Gasteiger charge is -2.34. The lowest BCUT2D eigenvalue weighted by atomic mass is 10.0. The fourth-order valence-corrected chi connectivity index (χ4v) is 4.18. The van der Waals surface area contributed by atoms with Crippen LogP contribution in [0.1, 0.15) is 23.6 Å². The van der Waals surface area contributed by atoms with Crippen LogP contribution in [-0.2, 0) is 11.3 Å². The fourth-order valence-electron chi connectivity index (χ4n) is 4.18. The molecule has 2 N–H and O–H groups in total. The van der Waals surface area contributed by atoms with Gasteiger partial charge in [0.15, 0.2) is 0 Å². The smallest absolute Gasteiger partial charge is 0.136 e. The van der Waals surface area contributed by atoms with E-state index in [0.717, 1.165) is 60.1 Å². The summed E-state index contributed by atoms with van der Waals surface area (Å²) in [6.45, 7) is 7.63. The number of fused-ring (bicyclic) bond motifs is 1. The first-order chi connectivity index (χ1) is 15.2. The standard InChI is InChI=1S/C24H26N6O/c1-16-9-20(3-4-23(16)30-7-8-31-17(2)14-30)28-24-21-13-25-6-5-18(21)10-22(29-24)19-11-26-15-27-12-19/h3-6,9-12,15,17,25H,7-8,13-14H2,1-2H3,(H,28,29)/t17-/m1/s1. The Morgan fingerprint density at radius 2 is 2.06 bits per heavy atom. The van der Waals surface area contributed by atoms with Gasteiger partial charge in [-0.2, -0.15) is 0 Å². The van der Waals surface area contributed by atoms with Gasteiger partial charge in [0, 0.05) is 54.5 Å². The van der Waals surface area contributed by atoms with Crippen molar-refractivity contribution in [3.8, 4) is 11.3 Å². The molecule has 158 valence electrons. The van der Waals surface area contributed by atoms with E-state index < -0.39 is 0 Å². The highest BCUT2D eigenvalue weighted by molar-refractivity contribution is 5.74. The van der Waals surface area contributed by atoms with Gasteiger partial charge in [-0.05, 0) is 61.5 Å². The molecule has 0 aliphatic carbocycles. The fraction of sp³-hybridized carbons (Fsp3) is 0.292. The minimum Gasteiger partial charge on any atom is -0.387 e. The molecule has 0 bridgehead atoms. The second kappa shape index (κ2) is 8.35. The van der Waals surface area contributed by atoms with E-state index in [-0.39, 0.29) is 6.10 Å². The lowest BCUT2D eigenvalue weighted by molar-refractivity contribution is 0.0532. The molecule has 1 saturated heterocycles. The Kier molecular flexibility index (Phi) is 5.26. The van der Waals surface area contributed by atoms with E-state index in [1.165, 1.54) is 17.6 Å². The summed E-state index contributed by atoms with van der Waals surface area (Å²) in [5.74, 6) is 0.848. The van der Waals surface area contributed by atoms with Crippen molar-refractivity contribution in [3.05, 3.63) is 65.9 Å². The first-order valence-corrected chi connectivity index (χ1v) is 10.6. The van der Waals surface area contributed by atoms with Crippen LogP contribution in [0.3, 0.4) is 0 Å². The highest BCUT2D eigenvalue weighted by Crippen LogP contribution is 2.31. The summed E-state index contributed by atoms with van der Waals surface area (Å²) < 4.78 is 5.69. The number of anilines is 3. The number of pyridine rings is 1. The third-order valence-electron chi connectivity index (χ3n) is 5.72. The van der Waals surface area contributed by atoms with Crippen LogP contribution in [0, 0.1) is 6.92 Å². The Morgan fingerprint density at radius 1 is 1.19 bits per heavy atom. The van der Waals surface area contributed by atoms with Crippen LogP contribution >= 0.6 is 0 Å². The maximum atomic E-state index is 5.69. The first kappa shape index (κ1) is 19.5. The monoisotopic (exact) mass is 414 g/mol. The van der Waals surface area contributed by atoms with Crippen molar-refractivity contribution in [1.82, 2.24) is 20.3 Å². The Labute approximate surface area is 182 Å². The largest absolute Gasteiger partial charge is 0.387 e. The molecule has 0 amide bonds. The van der Waals surface area contributed by atoms with Crippen molar-refractivity contribution >= 4 is 23.3 Å². The van der Waals surface area contributed by atoms with E-state index >= 15 is 0 Å². The Balaban J connectivity index is 1.47. The maximum Gasteiger partial charge on any atom is 0.136 e. The van der Waals surface area contributed by atoms with Crippen LogP contribution in [-0.4, -0.2) is 40.8 Å². The number of aryl methyl sites for hydroxylation is 1. The molecule has 1 atom stereocenters. The van der Waals surface area contributed by atoms with Crippen LogP contribution in [0.15, 0.2) is 49.2 Å². The van der Waals surface area contributed by atoms with Gasteiger partial charge < -0.3 is 20.3 Å². The van der Waals surface area contributed by atoms with Crippen molar-refractivity contribution in [1.29, 1.82) is 0 Å². The van der Waals surface area contributed by atoms with Crippen molar-refractivity contribution < 1.29 is 4.74 Å². The van der Waals surface area contributed by atoms with Gasteiger partial charge in [-0.15, -0.1) is 0 Å². The van der Waals surface area contributed by atoms with E-state index in [1.807, 2.05) is 6.20 Å². The van der Waals surface area contributed by atoms with Gasteiger partial charge in [0.1, 0.15) is 12.1 Å². The van der Waals surface area contributed by atoms with E-state index in [0.29, 0.717) is 0 Å². The Hall–Kier alpha value is -3.45. The third kappa shape index (κ3) is 4.09. The number of aromatic nitrogens is 3. The van der Waals surface area contributed by atoms with Gasteiger partial charge in [-0.1, -0.05) is 0 Å². The Morgan fingerprint density at radius 3 is 2.87 bits per heavy atom. The molecule has 0 radical (unpaired) electrons. The number of hydrogen-bond donors (Lipinski definition) is 2. The molecule has 0 spiro atoms. The predicted octanol–water partition coefficient (Wildman–Crippen LogP) is 3.89. The molecule has 0 saturated carbocycles. The molecule has 2 aliphatic heterocycles. The van der Waals surface area contributed by atoms with Gasteiger partial charge >= 0.3 is 0 Å². The van der Waals surface area contributed by atoms with E-state index in [1.54, 1.807) is 12.4 Å². The summed E-state index contributed by atoms with van der Waals surface area (Å²) in [6.07, 6.45) is 9.42. The molecule has 0 unspecified atom stereocenters.